The molecule has 0 aromatic heterocycles. The molecule has 0 bridgehead atoms. The van der Waals surface area contributed by atoms with Crippen molar-refractivity contribution in [3.05, 3.63) is 28.7 Å². The Bertz CT molecular complexity index is 183. The fraction of sp³-hybridized carbons (Fsp3) is 0. The minimum Gasteiger partial charge on any atom is -0.227 e. The van der Waals surface area contributed by atoms with E-state index in [9.17, 15) is 0 Å². The van der Waals surface area contributed by atoms with E-state index < -0.39 is 0 Å². The maximum Gasteiger partial charge on any atom is 0.0772 e. The summed E-state index contributed by atoms with van der Waals surface area (Å²) in [6.45, 7) is 0. The van der Waals surface area contributed by atoms with E-state index in [-0.39, 0.29) is 0 Å². The Hall–Kier alpha value is -0.540. The van der Waals surface area contributed by atoms with Crippen molar-refractivity contribution in [3.8, 4) is 0 Å². The summed E-state index contributed by atoms with van der Waals surface area (Å²) >= 11 is 3.29. The van der Waals surface area contributed by atoms with Gasteiger partial charge in [-0.15, -0.1) is 0 Å². The molecule has 47 valence electrons. The van der Waals surface area contributed by atoms with Gasteiger partial charge >= 0.3 is 0 Å². The van der Waals surface area contributed by atoms with Crippen LogP contribution in [-0.2, 0) is 0 Å². The second kappa shape index (κ2) is 2.85. The predicted molar refractivity (Wildman–Crippen MR) is 40.1 cm³/mol. The smallest absolute Gasteiger partial charge is 0.0772 e. The summed E-state index contributed by atoms with van der Waals surface area (Å²) in [6, 6.07) is 7.46. The van der Waals surface area contributed by atoms with E-state index in [0.29, 0.717) is 0 Å². The highest BCUT2D eigenvalue weighted by Crippen LogP contribution is 2.12. The average Bonchev–Trinajstić information content (AvgIpc) is 1.90. The van der Waals surface area contributed by atoms with Gasteiger partial charge < -0.3 is 0 Å². The van der Waals surface area contributed by atoms with Crippen LogP contribution in [0.4, 0.5) is 5.69 Å². The maximum atomic E-state index is 5.01. The summed E-state index contributed by atoms with van der Waals surface area (Å²) in [5.41, 5.74) is 4.28. The number of nitrogens with two attached hydrogens (primary N) is 1. The Morgan fingerprint density at radius 3 is 2.22 bits per heavy atom. The van der Waals surface area contributed by atoms with Crippen molar-refractivity contribution in [1.82, 2.24) is 5.43 Å². The lowest BCUT2D eigenvalue weighted by atomic mass is 10.3. The van der Waals surface area contributed by atoms with Gasteiger partial charge in [-0.1, -0.05) is 15.9 Å². The molecule has 0 atom stereocenters. The Morgan fingerprint density at radius 1 is 1.22 bits per heavy atom. The van der Waals surface area contributed by atoms with Crippen molar-refractivity contribution in [2.75, 3.05) is 0 Å². The normalized spacial score (nSPS) is 9.11. The van der Waals surface area contributed by atoms with E-state index in [2.05, 4.69) is 21.4 Å². The van der Waals surface area contributed by atoms with Crippen LogP contribution in [0.15, 0.2) is 28.7 Å². The van der Waals surface area contributed by atoms with Crippen molar-refractivity contribution < 1.29 is 0 Å². The standard InChI is InChI=1S/C6H6BrN2/c7-5-1-3-6(9-8)4-2-5/h1-4H,8H2. The van der Waals surface area contributed by atoms with Crippen LogP contribution in [0.2, 0.25) is 0 Å². The second-order valence-corrected chi connectivity index (χ2v) is 2.52. The summed E-state index contributed by atoms with van der Waals surface area (Å²) in [5.74, 6) is 5.01. The zero-order valence-corrected chi connectivity index (χ0v) is 6.30. The second-order valence-electron chi connectivity index (χ2n) is 1.61. The quantitative estimate of drug-likeness (QED) is 0.524. The molecular formula is C6H6BrN2. The van der Waals surface area contributed by atoms with Crippen LogP contribution in [0.25, 0.3) is 0 Å². The fourth-order valence-electron chi connectivity index (χ4n) is 0.527. The van der Waals surface area contributed by atoms with Crippen molar-refractivity contribution in [1.29, 1.82) is 0 Å². The van der Waals surface area contributed by atoms with Gasteiger partial charge in [0.15, 0.2) is 0 Å². The molecule has 2 nitrogen and oxygen atoms in total. The first-order valence-electron chi connectivity index (χ1n) is 2.49. The van der Waals surface area contributed by atoms with E-state index in [0.717, 1.165) is 10.2 Å². The van der Waals surface area contributed by atoms with Crippen LogP contribution in [0.3, 0.4) is 0 Å². The van der Waals surface area contributed by atoms with Gasteiger partial charge in [-0.3, -0.25) is 0 Å². The molecule has 9 heavy (non-hydrogen) atoms. The van der Waals surface area contributed by atoms with Crippen LogP contribution in [0.5, 0.6) is 0 Å². The highest BCUT2D eigenvalue weighted by molar-refractivity contribution is 9.10. The number of rotatable bonds is 1. The molecule has 0 aliphatic heterocycles. The summed E-state index contributed by atoms with van der Waals surface area (Å²) in [4.78, 5) is 0. The largest absolute Gasteiger partial charge is 0.227 e. The summed E-state index contributed by atoms with van der Waals surface area (Å²) < 4.78 is 1.04. The third-order valence-corrected chi connectivity index (χ3v) is 1.50. The molecular weight excluding hydrogens is 180 g/mol. The minimum atomic E-state index is 0.790. The molecule has 0 spiro atoms. The third-order valence-electron chi connectivity index (χ3n) is 0.976. The van der Waals surface area contributed by atoms with Gasteiger partial charge in [0, 0.05) is 4.47 Å². The van der Waals surface area contributed by atoms with Crippen molar-refractivity contribution >= 4 is 21.6 Å². The highest BCUT2D eigenvalue weighted by Gasteiger charge is 1.87. The molecule has 0 saturated heterocycles. The molecule has 0 saturated carbocycles. The molecule has 1 rings (SSSR count). The predicted octanol–water partition coefficient (Wildman–Crippen LogP) is 1.56. The van der Waals surface area contributed by atoms with E-state index in [4.69, 9.17) is 5.84 Å². The zero-order valence-electron chi connectivity index (χ0n) is 4.71. The summed E-state index contributed by atoms with van der Waals surface area (Å²) in [6.07, 6.45) is 0. The highest BCUT2D eigenvalue weighted by atomic mass is 79.9. The van der Waals surface area contributed by atoms with E-state index in [1.165, 1.54) is 0 Å². The molecule has 2 N–H and O–H groups in total. The van der Waals surface area contributed by atoms with Crippen LogP contribution in [-0.4, -0.2) is 0 Å². The Labute approximate surface area is 62.2 Å². The Kier molecular flexibility index (Phi) is 2.08. The topological polar surface area (TPSA) is 40.1 Å². The maximum absolute atomic E-state index is 5.01. The fourth-order valence-corrected chi connectivity index (χ4v) is 0.791. The number of halogens is 1. The van der Waals surface area contributed by atoms with E-state index in [1.54, 1.807) is 0 Å². The van der Waals surface area contributed by atoms with Gasteiger partial charge in [0.05, 0.1) is 5.69 Å². The molecule has 0 amide bonds. The molecule has 3 heteroatoms. The van der Waals surface area contributed by atoms with Gasteiger partial charge in [0.1, 0.15) is 0 Å². The molecule has 0 aliphatic carbocycles. The van der Waals surface area contributed by atoms with Crippen LogP contribution in [0, 0.1) is 0 Å². The van der Waals surface area contributed by atoms with E-state index in [1.807, 2.05) is 24.3 Å². The summed E-state index contributed by atoms with van der Waals surface area (Å²) in [5, 5.41) is 0. The van der Waals surface area contributed by atoms with Gasteiger partial charge in [0.2, 0.25) is 0 Å². The van der Waals surface area contributed by atoms with Crippen LogP contribution < -0.4 is 11.3 Å². The average molecular weight is 186 g/mol. The van der Waals surface area contributed by atoms with E-state index >= 15 is 0 Å². The lowest BCUT2D eigenvalue weighted by molar-refractivity contribution is 0.959. The molecule has 0 unspecified atom stereocenters. The molecule has 1 aromatic rings. The first-order chi connectivity index (χ1) is 4.33. The number of benzene rings is 1. The third kappa shape index (κ3) is 1.69. The molecule has 0 fully saturated rings. The van der Waals surface area contributed by atoms with Gasteiger partial charge in [-0.2, -0.15) is 0 Å². The Morgan fingerprint density at radius 2 is 1.78 bits per heavy atom. The van der Waals surface area contributed by atoms with Crippen molar-refractivity contribution in [2.24, 2.45) is 5.84 Å². The molecule has 0 heterocycles. The first-order valence-corrected chi connectivity index (χ1v) is 3.29. The lowest BCUT2D eigenvalue weighted by Gasteiger charge is -1.93. The summed E-state index contributed by atoms with van der Waals surface area (Å²) in [7, 11) is 0. The number of hydrogen-bond donors (Lipinski definition) is 1. The van der Waals surface area contributed by atoms with Crippen molar-refractivity contribution in [2.45, 2.75) is 0 Å². The van der Waals surface area contributed by atoms with Crippen molar-refractivity contribution in [3.63, 3.8) is 0 Å². The van der Waals surface area contributed by atoms with Gasteiger partial charge in [0.25, 0.3) is 0 Å². The number of hydrogen-bond acceptors (Lipinski definition) is 1. The van der Waals surface area contributed by atoms with Gasteiger partial charge in [-0.05, 0) is 24.3 Å². The monoisotopic (exact) mass is 185 g/mol. The van der Waals surface area contributed by atoms with Crippen LogP contribution in [0.1, 0.15) is 0 Å². The van der Waals surface area contributed by atoms with Crippen LogP contribution >= 0.6 is 15.9 Å². The first kappa shape index (κ1) is 6.58. The van der Waals surface area contributed by atoms with Gasteiger partial charge in [-0.25, -0.2) is 11.3 Å². The Balaban J connectivity index is 2.88. The zero-order chi connectivity index (χ0) is 6.69. The molecule has 1 aromatic carbocycles. The lowest BCUT2D eigenvalue weighted by Crippen LogP contribution is -2.04. The molecule has 1 radical (unpaired) electrons. The SMILES string of the molecule is N[N]c1ccc(Br)cc1. The molecule has 0 aliphatic rings. The number of nitrogens with zero attached hydrogens (tertiary/aromatic N) is 1. The minimum absolute atomic E-state index is 0.790.